The summed E-state index contributed by atoms with van der Waals surface area (Å²) in [4.78, 5) is 19.3. The molecule has 1 aromatic carbocycles. The van der Waals surface area contributed by atoms with Crippen LogP contribution in [0.3, 0.4) is 0 Å². The number of hydrogen-bond donors (Lipinski definition) is 1. The molecule has 1 N–H and O–H groups in total. The number of hydrogen-bond acceptors (Lipinski definition) is 5. The van der Waals surface area contributed by atoms with Gasteiger partial charge < -0.3 is 9.84 Å². The predicted octanol–water partition coefficient (Wildman–Crippen LogP) is 3.13. The number of ether oxygens (including phenoxy) is 1. The molecule has 3 aromatic rings. The average Bonchev–Trinajstić information content (AvgIpc) is 2.88. The first-order chi connectivity index (χ1) is 11.6. The largest absolute Gasteiger partial charge is 0.494 e. The first-order valence-electron chi connectivity index (χ1n) is 7.91. The van der Waals surface area contributed by atoms with Crippen molar-refractivity contribution < 1.29 is 9.84 Å². The van der Waals surface area contributed by atoms with Gasteiger partial charge in [0, 0.05) is 10.4 Å². The summed E-state index contributed by atoms with van der Waals surface area (Å²) in [5.41, 5.74) is 1.79. The molecule has 24 heavy (non-hydrogen) atoms. The second-order valence-corrected chi connectivity index (χ2v) is 6.71. The molecule has 0 fully saturated rings. The van der Waals surface area contributed by atoms with E-state index in [1.807, 2.05) is 38.1 Å². The van der Waals surface area contributed by atoms with Gasteiger partial charge in [-0.25, -0.2) is 4.98 Å². The van der Waals surface area contributed by atoms with Gasteiger partial charge in [-0.15, -0.1) is 11.3 Å². The van der Waals surface area contributed by atoms with E-state index < -0.39 is 0 Å². The van der Waals surface area contributed by atoms with E-state index in [0.717, 1.165) is 26.6 Å². The van der Waals surface area contributed by atoms with Crippen LogP contribution in [0.25, 0.3) is 21.3 Å². The van der Waals surface area contributed by atoms with Crippen molar-refractivity contribution in [1.82, 2.24) is 9.55 Å². The van der Waals surface area contributed by atoms with Crippen LogP contribution in [0, 0.1) is 13.8 Å². The fraction of sp³-hybridized carbons (Fsp3) is 0.333. The van der Waals surface area contributed by atoms with E-state index in [0.29, 0.717) is 17.8 Å². The Hall–Kier alpha value is -2.18. The van der Waals surface area contributed by atoms with Crippen molar-refractivity contribution >= 4 is 21.6 Å². The van der Waals surface area contributed by atoms with Crippen molar-refractivity contribution in [3.63, 3.8) is 0 Å². The standard InChI is InChI=1S/C18H20N2O3S/c1-4-23-14-7-5-13(6-8-14)15-11(2)24-17-16(15)18(22)20(9-10-21)12(3)19-17/h5-8,21H,4,9-10H2,1-3H3. The number of nitrogens with zero attached hydrogens (tertiary/aromatic N) is 2. The van der Waals surface area contributed by atoms with Crippen LogP contribution in [0.5, 0.6) is 5.75 Å². The van der Waals surface area contributed by atoms with E-state index in [1.54, 1.807) is 6.92 Å². The van der Waals surface area contributed by atoms with Crippen molar-refractivity contribution in [2.45, 2.75) is 27.3 Å². The van der Waals surface area contributed by atoms with E-state index in [-0.39, 0.29) is 18.7 Å². The van der Waals surface area contributed by atoms with Crippen molar-refractivity contribution in [1.29, 1.82) is 0 Å². The van der Waals surface area contributed by atoms with E-state index in [9.17, 15) is 9.90 Å². The predicted molar refractivity (Wildman–Crippen MR) is 97.0 cm³/mol. The number of fused-ring (bicyclic) bond motifs is 1. The number of aliphatic hydroxyl groups is 1. The van der Waals surface area contributed by atoms with Gasteiger partial charge in [0.05, 0.1) is 25.1 Å². The normalized spacial score (nSPS) is 11.2. The first kappa shape index (κ1) is 16.7. The van der Waals surface area contributed by atoms with Crippen molar-refractivity contribution in [3.05, 3.63) is 45.3 Å². The van der Waals surface area contributed by atoms with E-state index in [4.69, 9.17) is 4.74 Å². The number of thiophene rings is 1. The second-order valence-electron chi connectivity index (χ2n) is 5.51. The number of rotatable bonds is 5. The van der Waals surface area contributed by atoms with Gasteiger partial charge in [-0.05, 0) is 38.5 Å². The van der Waals surface area contributed by atoms with Gasteiger partial charge in [-0.3, -0.25) is 9.36 Å². The van der Waals surface area contributed by atoms with Crippen LogP contribution in [0.4, 0.5) is 0 Å². The lowest BCUT2D eigenvalue weighted by atomic mass is 10.0. The number of benzene rings is 1. The SMILES string of the molecule is CCOc1ccc(-c2c(C)sc3nc(C)n(CCO)c(=O)c23)cc1. The minimum atomic E-state index is -0.0974. The summed E-state index contributed by atoms with van der Waals surface area (Å²) in [6.45, 7) is 6.53. The molecule has 0 spiro atoms. The molecule has 126 valence electrons. The third-order valence-electron chi connectivity index (χ3n) is 3.96. The van der Waals surface area contributed by atoms with Crippen LogP contribution >= 0.6 is 11.3 Å². The van der Waals surface area contributed by atoms with E-state index in [1.165, 1.54) is 15.9 Å². The van der Waals surface area contributed by atoms with Gasteiger partial charge in [-0.1, -0.05) is 12.1 Å². The Morgan fingerprint density at radius 1 is 1.25 bits per heavy atom. The molecule has 2 heterocycles. The van der Waals surface area contributed by atoms with Gasteiger partial charge in [-0.2, -0.15) is 0 Å². The molecular weight excluding hydrogens is 324 g/mol. The minimum absolute atomic E-state index is 0.0879. The second kappa shape index (κ2) is 6.75. The molecule has 5 nitrogen and oxygen atoms in total. The highest BCUT2D eigenvalue weighted by atomic mass is 32.1. The molecule has 0 aliphatic carbocycles. The van der Waals surface area contributed by atoms with Gasteiger partial charge >= 0.3 is 0 Å². The highest BCUT2D eigenvalue weighted by Crippen LogP contribution is 2.36. The zero-order valence-electron chi connectivity index (χ0n) is 14.0. The fourth-order valence-corrected chi connectivity index (χ4v) is 3.97. The van der Waals surface area contributed by atoms with E-state index >= 15 is 0 Å². The molecule has 0 aliphatic heterocycles. The fourth-order valence-electron chi connectivity index (χ4n) is 2.89. The third kappa shape index (κ3) is 2.83. The average molecular weight is 344 g/mol. The summed E-state index contributed by atoms with van der Waals surface area (Å²) in [6.07, 6.45) is 0. The molecule has 0 radical (unpaired) electrons. The summed E-state index contributed by atoms with van der Waals surface area (Å²) in [6, 6.07) is 7.76. The molecule has 0 bridgehead atoms. The molecule has 0 unspecified atom stereocenters. The van der Waals surface area contributed by atoms with Crippen molar-refractivity contribution in [3.8, 4) is 16.9 Å². The number of aromatic nitrogens is 2. The van der Waals surface area contributed by atoms with Crippen LogP contribution in [0.1, 0.15) is 17.6 Å². The maximum atomic E-state index is 12.9. The van der Waals surface area contributed by atoms with Crippen LogP contribution in [-0.4, -0.2) is 27.9 Å². The highest BCUT2D eigenvalue weighted by molar-refractivity contribution is 7.19. The van der Waals surface area contributed by atoms with Crippen LogP contribution in [-0.2, 0) is 6.54 Å². The van der Waals surface area contributed by atoms with Crippen molar-refractivity contribution in [2.75, 3.05) is 13.2 Å². The Morgan fingerprint density at radius 3 is 2.58 bits per heavy atom. The Labute approximate surface area is 144 Å². The molecular formula is C18H20N2O3S. The topological polar surface area (TPSA) is 64.3 Å². The summed E-state index contributed by atoms with van der Waals surface area (Å²) in [7, 11) is 0. The molecule has 0 saturated heterocycles. The Morgan fingerprint density at radius 2 is 1.96 bits per heavy atom. The number of aryl methyl sites for hydroxylation is 2. The zero-order chi connectivity index (χ0) is 17.3. The lowest BCUT2D eigenvalue weighted by Crippen LogP contribution is -2.25. The number of aliphatic hydroxyl groups excluding tert-OH is 1. The maximum Gasteiger partial charge on any atom is 0.262 e. The molecule has 3 rings (SSSR count). The van der Waals surface area contributed by atoms with E-state index in [2.05, 4.69) is 4.98 Å². The maximum absolute atomic E-state index is 12.9. The quantitative estimate of drug-likeness (QED) is 0.772. The molecule has 0 amide bonds. The summed E-state index contributed by atoms with van der Waals surface area (Å²) >= 11 is 1.52. The summed E-state index contributed by atoms with van der Waals surface area (Å²) in [5.74, 6) is 1.44. The van der Waals surface area contributed by atoms with Gasteiger partial charge in [0.25, 0.3) is 5.56 Å². The lowest BCUT2D eigenvalue weighted by molar-refractivity contribution is 0.272. The van der Waals surface area contributed by atoms with Gasteiger partial charge in [0.1, 0.15) is 16.4 Å². The zero-order valence-corrected chi connectivity index (χ0v) is 14.8. The smallest absolute Gasteiger partial charge is 0.262 e. The lowest BCUT2D eigenvalue weighted by Gasteiger charge is -2.09. The summed E-state index contributed by atoms with van der Waals surface area (Å²) < 4.78 is 7.02. The Kier molecular flexibility index (Phi) is 4.69. The summed E-state index contributed by atoms with van der Waals surface area (Å²) in [5, 5.41) is 9.84. The Bertz CT molecular complexity index is 926. The third-order valence-corrected chi connectivity index (χ3v) is 4.96. The van der Waals surface area contributed by atoms with Gasteiger partial charge in [0.15, 0.2) is 0 Å². The molecule has 2 aromatic heterocycles. The molecule has 0 atom stereocenters. The van der Waals surface area contributed by atoms with Crippen LogP contribution in [0.2, 0.25) is 0 Å². The van der Waals surface area contributed by atoms with Crippen molar-refractivity contribution in [2.24, 2.45) is 0 Å². The Balaban J connectivity index is 2.22. The minimum Gasteiger partial charge on any atom is -0.494 e. The monoisotopic (exact) mass is 344 g/mol. The van der Waals surface area contributed by atoms with Crippen LogP contribution < -0.4 is 10.3 Å². The molecule has 0 saturated carbocycles. The molecule has 6 heteroatoms. The highest BCUT2D eigenvalue weighted by Gasteiger charge is 2.18. The van der Waals surface area contributed by atoms with Crippen LogP contribution in [0.15, 0.2) is 29.1 Å². The first-order valence-corrected chi connectivity index (χ1v) is 8.73. The molecule has 0 aliphatic rings. The van der Waals surface area contributed by atoms with Gasteiger partial charge in [0.2, 0.25) is 0 Å².